The summed E-state index contributed by atoms with van der Waals surface area (Å²) >= 11 is 12.1. The lowest BCUT2D eigenvalue weighted by molar-refractivity contribution is 0.0818. The van der Waals surface area contributed by atoms with E-state index in [2.05, 4.69) is 15.2 Å². The van der Waals surface area contributed by atoms with Gasteiger partial charge in [0.05, 0.1) is 17.8 Å². The number of thiocarbonyl (C=S) groups is 1. The van der Waals surface area contributed by atoms with Gasteiger partial charge in [-0.2, -0.15) is 0 Å². The summed E-state index contributed by atoms with van der Waals surface area (Å²) in [5.74, 6) is 1.64. The fraction of sp³-hybridized carbons (Fsp3) is 0.333. The third-order valence-corrected chi connectivity index (χ3v) is 6.84. The lowest BCUT2D eigenvalue weighted by atomic mass is 10.0. The summed E-state index contributed by atoms with van der Waals surface area (Å²) in [5.41, 5.74) is 2.93. The van der Waals surface area contributed by atoms with Crippen LogP contribution in [-0.2, 0) is 4.74 Å². The van der Waals surface area contributed by atoms with Gasteiger partial charge in [0.1, 0.15) is 17.6 Å². The summed E-state index contributed by atoms with van der Waals surface area (Å²) in [6.45, 7) is 3.55. The molecular weight excluding hydrogens is 430 g/mol. The van der Waals surface area contributed by atoms with Gasteiger partial charge in [0.2, 0.25) is 0 Å². The van der Waals surface area contributed by atoms with Gasteiger partial charge in [0, 0.05) is 29.9 Å². The molecule has 4 heterocycles. The zero-order valence-electron chi connectivity index (χ0n) is 17.3. The highest BCUT2D eigenvalue weighted by Crippen LogP contribution is 2.41. The summed E-state index contributed by atoms with van der Waals surface area (Å²) in [6, 6.07) is 15.6. The molecule has 1 aromatic carbocycles. The minimum Gasteiger partial charge on any atom is -0.459 e. The van der Waals surface area contributed by atoms with E-state index >= 15 is 0 Å². The number of halogens is 1. The predicted octanol–water partition coefficient (Wildman–Crippen LogP) is 5.45. The summed E-state index contributed by atoms with van der Waals surface area (Å²) in [4.78, 5) is 6.78. The van der Waals surface area contributed by atoms with Crippen LogP contribution in [0.15, 0.2) is 59.1 Å². The van der Waals surface area contributed by atoms with Gasteiger partial charge >= 0.3 is 0 Å². The molecule has 2 aromatic heterocycles. The molecule has 0 radical (unpaired) electrons. The van der Waals surface area contributed by atoms with Crippen molar-refractivity contribution in [2.24, 2.45) is 0 Å². The van der Waals surface area contributed by atoms with E-state index in [0.717, 1.165) is 59.4 Å². The Morgan fingerprint density at radius 1 is 1.19 bits per heavy atom. The largest absolute Gasteiger partial charge is 0.459 e. The molecule has 5 nitrogen and oxygen atoms in total. The molecule has 5 rings (SSSR count). The Labute approximate surface area is 192 Å². The molecule has 0 amide bonds. The van der Waals surface area contributed by atoms with Crippen molar-refractivity contribution < 1.29 is 9.15 Å². The predicted molar refractivity (Wildman–Crippen MR) is 125 cm³/mol. The fourth-order valence-corrected chi connectivity index (χ4v) is 4.94. The molecule has 31 heavy (non-hydrogen) atoms. The van der Waals surface area contributed by atoms with E-state index in [1.54, 1.807) is 0 Å². The molecule has 1 N–H and O–H groups in total. The number of pyridine rings is 1. The van der Waals surface area contributed by atoms with E-state index < -0.39 is 0 Å². The topological polar surface area (TPSA) is 50.5 Å². The Bertz CT molecular complexity index is 1080. The van der Waals surface area contributed by atoms with Crippen LogP contribution in [0.4, 0.5) is 0 Å². The second-order valence-electron chi connectivity index (χ2n) is 8.03. The van der Waals surface area contributed by atoms with Gasteiger partial charge in [-0.05, 0) is 67.9 Å². The summed E-state index contributed by atoms with van der Waals surface area (Å²) in [7, 11) is 0. The number of nitrogens with one attached hydrogen (secondary N) is 1. The number of ether oxygens (including phenoxy) is 1. The molecular formula is C24H24ClN3O2S. The third-order valence-electron chi connectivity index (χ3n) is 6.07. The molecule has 3 aromatic rings. The van der Waals surface area contributed by atoms with E-state index in [9.17, 15) is 0 Å². The maximum Gasteiger partial charge on any atom is 0.170 e. The van der Waals surface area contributed by atoms with Crippen LogP contribution < -0.4 is 5.32 Å². The normalized spacial score (nSPS) is 23.4. The number of aromatic nitrogens is 1. The standard InChI is InChI=1S/C24H24ClN3O2S/c1-15-17(7-4-8-18(15)25)20-10-11-21(30-20)23-22(19-9-2-3-12-26-19)27-24(31)28(23)14-16-6-5-13-29-16/h2-4,7-12,16,22-23H,5-6,13-14H2,1H3,(H,27,31)/t16-,22-,23-/m1/s1. The quantitative estimate of drug-likeness (QED) is 0.518. The molecule has 2 saturated heterocycles. The van der Waals surface area contributed by atoms with Gasteiger partial charge in [0.25, 0.3) is 0 Å². The van der Waals surface area contributed by atoms with Gasteiger partial charge in [-0.1, -0.05) is 29.8 Å². The van der Waals surface area contributed by atoms with Crippen molar-refractivity contribution >= 4 is 28.9 Å². The minimum atomic E-state index is -0.111. The zero-order chi connectivity index (χ0) is 21.4. The number of furan rings is 1. The minimum absolute atomic E-state index is 0.102. The maximum atomic E-state index is 6.42. The smallest absolute Gasteiger partial charge is 0.170 e. The summed E-state index contributed by atoms with van der Waals surface area (Å²) in [5, 5.41) is 4.90. The van der Waals surface area contributed by atoms with E-state index in [1.165, 1.54) is 0 Å². The van der Waals surface area contributed by atoms with Crippen LogP contribution in [-0.4, -0.2) is 34.3 Å². The molecule has 3 atom stereocenters. The highest BCUT2D eigenvalue weighted by molar-refractivity contribution is 7.80. The van der Waals surface area contributed by atoms with Gasteiger partial charge < -0.3 is 19.4 Å². The molecule has 0 saturated carbocycles. The third kappa shape index (κ3) is 3.95. The van der Waals surface area contributed by atoms with Crippen LogP contribution in [0.3, 0.4) is 0 Å². The van der Waals surface area contributed by atoms with Gasteiger partial charge in [-0.25, -0.2) is 0 Å². The highest BCUT2D eigenvalue weighted by atomic mass is 35.5. The Morgan fingerprint density at radius 3 is 2.87 bits per heavy atom. The lowest BCUT2D eigenvalue weighted by Gasteiger charge is -2.28. The van der Waals surface area contributed by atoms with Crippen molar-refractivity contribution in [2.75, 3.05) is 13.2 Å². The van der Waals surface area contributed by atoms with E-state index in [4.69, 9.17) is 33.0 Å². The second-order valence-corrected chi connectivity index (χ2v) is 8.82. The number of benzene rings is 1. The number of nitrogens with zero attached hydrogens (tertiary/aromatic N) is 2. The van der Waals surface area contributed by atoms with Gasteiger partial charge in [-0.3, -0.25) is 4.98 Å². The highest BCUT2D eigenvalue weighted by Gasteiger charge is 2.42. The molecule has 0 bridgehead atoms. The monoisotopic (exact) mass is 453 g/mol. The molecule has 0 unspecified atom stereocenters. The summed E-state index contributed by atoms with van der Waals surface area (Å²) in [6.07, 6.45) is 4.12. The van der Waals surface area contributed by atoms with Crippen LogP contribution >= 0.6 is 23.8 Å². The molecule has 2 aliphatic rings. The van der Waals surface area contributed by atoms with Crippen LogP contribution in [0.25, 0.3) is 11.3 Å². The number of hydrogen-bond acceptors (Lipinski definition) is 4. The van der Waals surface area contributed by atoms with E-state index in [0.29, 0.717) is 5.11 Å². The average molecular weight is 454 g/mol. The first-order valence-electron chi connectivity index (χ1n) is 10.6. The van der Waals surface area contributed by atoms with Crippen molar-refractivity contribution in [3.63, 3.8) is 0 Å². The zero-order valence-corrected chi connectivity index (χ0v) is 18.8. The Kier molecular flexibility index (Phi) is 5.69. The first kappa shape index (κ1) is 20.5. The van der Waals surface area contributed by atoms with Gasteiger partial charge in [-0.15, -0.1) is 0 Å². The van der Waals surface area contributed by atoms with Crippen LogP contribution in [0, 0.1) is 6.92 Å². The Balaban J connectivity index is 1.52. The van der Waals surface area contributed by atoms with Crippen molar-refractivity contribution in [1.29, 1.82) is 0 Å². The molecule has 2 fully saturated rings. The van der Waals surface area contributed by atoms with Crippen LogP contribution in [0.5, 0.6) is 0 Å². The first-order valence-corrected chi connectivity index (χ1v) is 11.4. The number of rotatable bonds is 5. The SMILES string of the molecule is Cc1c(Cl)cccc1-c1ccc([C@@H]2[C@@H](c3ccccn3)NC(=S)N2C[C@H]2CCCO2)o1. The summed E-state index contributed by atoms with van der Waals surface area (Å²) < 4.78 is 12.3. The van der Waals surface area contributed by atoms with Crippen molar-refractivity contribution in [3.05, 3.63) is 76.8 Å². The van der Waals surface area contributed by atoms with Crippen LogP contribution in [0.1, 0.15) is 41.9 Å². The van der Waals surface area contributed by atoms with Gasteiger partial charge in [0.15, 0.2) is 5.11 Å². The Hall–Kier alpha value is -2.41. The fourth-order valence-electron chi connectivity index (χ4n) is 4.45. The van der Waals surface area contributed by atoms with Crippen molar-refractivity contribution in [1.82, 2.24) is 15.2 Å². The van der Waals surface area contributed by atoms with Crippen molar-refractivity contribution in [2.45, 2.75) is 38.0 Å². The molecule has 2 aliphatic heterocycles. The average Bonchev–Trinajstić information content (AvgIpc) is 3.52. The molecule has 0 spiro atoms. The van der Waals surface area contributed by atoms with E-state index in [1.807, 2.05) is 61.7 Å². The maximum absolute atomic E-state index is 6.42. The Morgan fingerprint density at radius 2 is 2.10 bits per heavy atom. The van der Waals surface area contributed by atoms with Crippen molar-refractivity contribution in [3.8, 4) is 11.3 Å². The van der Waals surface area contributed by atoms with E-state index in [-0.39, 0.29) is 18.2 Å². The first-order chi connectivity index (χ1) is 15.1. The van der Waals surface area contributed by atoms with Crippen LogP contribution in [0.2, 0.25) is 5.02 Å². The number of hydrogen-bond donors (Lipinski definition) is 1. The molecule has 160 valence electrons. The molecule has 0 aliphatic carbocycles. The molecule has 7 heteroatoms. The lowest BCUT2D eigenvalue weighted by Crippen LogP contribution is -2.36. The second kappa shape index (κ2) is 8.61.